The fourth-order valence-corrected chi connectivity index (χ4v) is 3.73. The van der Waals surface area contributed by atoms with Crippen LogP contribution in [-0.2, 0) is 5.54 Å². The Hall–Kier alpha value is -4.27. The van der Waals surface area contributed by atoms with Crippen LogP contribution in [0, 0.1) is 0 Å². The molecule has 0 saturated carbocycles. The van der Waals surface area contributed by atoms with Gasteiger partial charge in [0.15, 0.2) is 0 Å². The van der Waals surface area contributed by atoms with Crippen LogP contribution in [0.25, 0.3) is 33.5 Å². The van der Waals surface area contributed by atoms with Gasteiger partial charge in [0, 0.05) is 41.7 Å². The molecule has 0 radical (unpaired) electrons. The molecule has 0 saturated heterocycles. The third-order valence-electron chi connectivity index (χ3n) is 5.21. The van der Waals surface area contributed by atoms with E-state index in [0.29, 0.717) is 5.56 Å². The molecule has 9 nitrogen and oxygen atoms in total. The van der Waals surface area contributed by atoms with Crippen molar-refractivity contribution < 1.29 is 4.79 Å². The minimum atomic E-state index is -0.512. The fraction of sp³-hybridized carbons (Fsp3) is 0.208. The fourth-order valence-electron chi connectivity index (χ4n) is 3.73. The van der Waals surface area contributed by atoms with Gasteiger partial charge in [-0.2, -0.15) is 4.99 Å². The molecule has 0 bridgehead atoms. The average Bonchev–Trinajstić information content (AvgIpc) is 3.18. The molecule has 9 heteroatoms. The number of fused-ring (bicyclic) bond motifs is 1. The first-order valence-electron chi connectivity index (χ1n) is 10.5. The van der Waals surface area contributed by atoms with Gasteiger partial charge in [-0.15, -0.1) is 0 Å². The summed E-state index contributed by atoms with van der Waals surface area (Å²) in [7, 11) is 1.51. The van der Waals surface area contributed by atoms with Crippen molar-refractivity contribution in [3.8, 4) is 22.5 Å². The Kier molecular flexibility index (Phi) is 5.55. The summed E-state index contributed by atoms with van der Waals surface area (Å²) < 4.78 is 2.16. The molecule has 2 aromatic heterocycles. The van der Waals surface area contributed by atoms with Crippen LogP contribution in [0.5, 0.6) is 0 Å². The lowest BCUT2D eigenvalue weighted by atomic mass is 10.0. The van der Waals surface area contributed by atoms with Gasteiger partial charge in [0.25, 0.3) is 0 Å². The van der Waals surface area contributed by atoms with Crippen LogP contribution in [0.15, 0.2) is 59.9 Å². The van der Waals surface area contributed by atoms with Crippen LogP contribution in [0.2, 0.25) is 0 Å². The van der Waals surface area contributed by atoms with Crippen LogP contribution >= 0.6 is 0 Å². The molecule has 168 valence electrons. The number of aromatic nitrogens is 4. The SMILES string of the molecule is CNC(=O)/N=C(\N)c1ccccc1-c1nc2cc(-c3cnc(N)nc3)ccc2n1C(C)(C)C. The third-order valence-corrected chi connectivity index (χ3v) is 5.21. The zero-order chi connectivity index (χ0) is 23.8. The van der Waals surface area contributed by atoms with E-state index in [-0.39, 0.29) is 17.3 Å². The highest BCUT2D eigenvalue weighted by Crippen LogP contribution is 2.34. The Balaban J connectivity index is 1.94. The zero-order valence-corrected chi connectivity index (χ0v) is 19.0. The minimum absolute atomic E-state index is 0.122. The van der Waals surface area contributed by atoms with Crippen molar-refractivity contribution >= 4 is 28.8 Å². The lowest BCUT2D eigenvalue weighted by Crippen LogP contribution is -2.24. The Morgan fingerprint density at radius 2 is 1.76 bits per heavy atom. The number of urea groups is 1. The standard InChI is InChI=1S/C24H26N8O/c1-24(2,3)32-19-10-9-14(15-12-28-22(26)29-13-15)11-18(19)30-21(32)17-8-6-5-7-16(17)20(25)31-23(33)27-4/h5-13H,1-4H3,(H2,26,28,29)(H3,25,27,31,33). The number of nitrogens with two attached hydrogens (primary N) is 2. The van der Waals surface area contributed by atoms with Crippen molar-refractivity contribution in [1.29, 1.82) is 0 Å². The smallest absolute Gasteiger partial charge is 0.342 e. The predicted molar refractivity (Wildman–Crippen MR) is 131 cm³/mol. The first-order valence-corrected chi connectivity index (χ1v) is 10.5. The van der Waals surface area contributed by atoms with Gasteiger partial charge in [0.1, 0.15) is 11.7 Å². The second-order valence-electron chi connectivity index (χ2n) is 8.57. The van der Waals surface area contributed by atoms with Crippen molar-refractivity contribution in [2.24, 2.45) is 10.7 Å². The summed E-state index contributed by atoms with van der Waals surface area (Å²) in [4.78, 5) is 28.9. The van der Waals surface area contributed by atoms with Crippen molar-refractivity contribution in [2.45, 2.75) is 26.3 Å². The molecule has 0 unspecified atom stereocenters. The first kappa shape index (κ1) is 21.9. The monoisotopic (exact) mass is 442 g/mol. The summed E-state index contributed by atoms with van der Waals surface area (Å²) in [6, 6.07) is 13.1. The molecule has 0 aliphatic rings. The molecule has 0 aliphatic heterocycles. The number of aliphatic imine (C=N–C) groups is 1. The number of amidine groups is 1. The number of nitrogen functional groups attached to an aromatic ring is 1. The second-order valence-corrected chi connectivity index (χ2v) is 8.57. The minimum Gasteiger partial charge on any atom is -0.383 e. The largest absolute Gasteiger partial charge is 0.383 e. The molecular formula is C24H26N8O. The second kappa shape index (κ2) is 8.34. The molecule has 4 rings (SSSR count). The van der Waals surface area contributed by atoms with Gasteiger partial charge < -0.3 is 21.4 Å². The van der Waals surface area contributed by atoms with Gasteiger partial charge in [-0.25, -0.2) is 19.7 Å². The Morgan fingerprint density at radius 1 is 1.06 bits per heavy atom. The molecule has 2 amide bonds. The Morgan fingerprint density at radius 3 is 2.42 bits per heavy atom. The van der Waals surface area contributed by atoms with Gasteiger partial charge in [-0.1, -0.05) is 30.3 Å². The van der Waals surface area contributed by atoms with E-state index < -0.39 is 6.03 Å². The molecule has 0 fully saturated rings. The van der Waals surface area contributed by atoms with Crippen LogP contribution in [0.1, 0.15) is 26.3 Å². The highest BCUT2D eigenvalue weighted by Gasteiger charge is 2.24. The molecule has 0 aliphatic carbocycles. The number of anilines is 1. The lowest BCUT2D eigenvalue weighted by Gasteiger charge is -2.25. The number of carbonyl (C=O) groups excluding carboxylic acids is 1. The maximum atomic E-state index is 11.8. The normalized spacial score (nSPS) is 12.2. The van der Waals surface area contributed by atoms with E-state index in [4.69, 9.17) is 16.5 Å². The number of amides is 2. The van der Waals surface area contributed by atoms with E-state index in [1.54, 1.807) is 12.4 Å². The van der Waals surface area contributed by atoms with E-state index in [1.807, 2.05) is 42.5 Å². The van der Waals surface area contributed by atoms with Crippen LogP contribution in [0.4, 0.5) is 10.7 Å². The van der Waals surface area contributed by atoms with Crippen molar-refractivity contribution in [1.82, 2.24) is 24.8 Å². The van der Waals surface area contributed by atoms with E-state index in [1.165, 1.54) is 7.05 Å². The van der Waals surface area contributed by atoms with Crippen molar-refractivity contribution in [2.75, 3.05) is 12.8 Å². The molecule has 2 aromatic carbocycles. The number of nitrogens with one attached hydrogen (secondary N) is 1. The number of rotatable bonds is 3. The van der Waals surface area contributed by atoms with Gasteiger partial charge >= 0.3 is 6.03 Å². The van der Waals surface area contributed by atoms with Crippen molar-refractivity contribution in [3.05, 3.63) is 60.4 Å². The Bertz CT molecular complexity index is 1360. The third kappa shape index (κ3) is 4.25. The molecule has 2 heterocycles. The Labute approximate surface area is 191 Å². The summed E-state index contributed by atoms with van der Waals surface area (Å²) >= 11 is 0. The van der Waals surface area contributed by atoms with Crippen LogP contribution < -0.4 is 16.8 Å². The van der Waals surface area contributed by atoms with Gasteiger partial charge in [-0.3, -0.25) is 0 Å². The van der Waals surface area contributed by atoms with Gasteiger partial charge in [0.2, 0.25) is 5.95 Å². The lowest BCUT2D eigenvalue weighted by molar-refractivity contribution is 0.251. The molecule has 0 atom stereocenters. The van der Waals surface area contributed by atoms with Gasteiger partial charge in [0.05, 0.1) is 11.0 Å². The zero-order valence-electron chi connectivity index (χ0n) is 19.0. The maximum Gasteiger partial charge on any atom is 0.342 e. The number of hydrogen-bond acceptors (Lipinski definition) is 5. The first-order chi connectivity index (χ1) is 15.7. The average molecular weight is 443 g/mol. The van der Waals surface area contributed by atoms with E-state index in [0.717, 1.165) is 33.5 Å². The summed E-state index contributed by atoms with van der Waals surface area (Å²) in [5.74, 6) is 1.08. The van der Waals surface area contributed by atoms with E-state index >= 15 is 0 Å². The number of hydrogen-bond donors (Lipinski definition) is 3. The predicted octanol–water partition coefficient (Wildman–Crippen LogP) is 3.54. The number of nitrogens with zero attached hydrogens (tertiary/aromatic N) is 5. The number of imidazole rings is 1. The number of benzene rings is 2. The summed E-state index contributed by atoms with van der Waals surface area (Å²) in [5.41, 5.74) is 16.5. The maximum absolute atomic E-state index is 11.8. The quantitative estimate of drug-likeness (QED) is 0.328. The number of carbonyl (C=O) groups is 1. The molecule has 0 spiro atoms. The van der Waals surface area contributed by atoms with Crippen LogP contribution in [0.3, 0.4) is 0 Å². The van der Waals surface area contributed by atoms with Crippen molar-refractivity contribution in [3.63, 3.8) is 0 Å². The van der Waals surface area contributed by atoms with E-state index in [2.05, 4.69) is 45.6 Å². The molecular weight excluding hydrogens is 416 g/mol. The molecule has 5 N–H and O–H groups in total. The van der Waals surface area contributed by atoms with Crippen LogP contribution in [-0.4, -0.2) is 38.4 Å². The van der Waals surface area contributed by atoms with E-state index in [9.17, 15) is 4.79 Å². The summed E-state index contributed by atoms with van der Waals surface area (Å²) in [6.07, 6.45) is 3.38. The highest BCUT2D eigenvalue weighted by atomic mass is 16.2. The summed E-state index contributed by atoms with van der Waals surface area (Å²) in [5, 5.41) is 2.46. The highest BCUT2D eigenvalue weighted by molar-refractivity contribution is 6.07. The summed E-state index contributed by atoms with van der Waals surface area (Å²) in [6.45, 7) is 6.35. The molecule has 4 aromatic rings. The van der Waals surface area contributed by atoms with Gasteiger partial charge in [-0.05, 0) is 38.5 Å². The topological polar surface area (TPSA) is 137 Å². The molecule has 33 heavy (non-hydrogen) atoms.